The number of allylic oxidation sites excluding steroid dienone is 1. The van der Waals surface area contributed by atoms with Gasteiger partial charge in [0.2, 0.25) is 5.91 Å². The number of aryl methyl sites for hydroxylation is 1. The van der Waals surface area contributed by atoms with Crippen LogP contribution in [0.25, 0.3) is 11.4 Å². The van der Waals surface area contributed by atoms with Crippen molar-refractivity contribution in [1.29, 1.82) is 0 Å². The van der Waals surface area contributed by atoms with Gasteiger partial charge in [0.15, 0.2) is 5.82 Å². The van der Waals surface area contributed by atoms with Crippen LogP contribution in [0.1, 0.15) is 13.8 Å². The summed E-state index contributed by atoms with van der Waals surface area (Å²) in [4.78, 5) is 11.6. The maximum atomic E-state index is 11.6. The number of carbonyl (C=O) groups excluding carboxylic acids is 1. The Balaban J connectivity index is 2.13. The molecule has 1 aromatic carbocycles. The molecule has 1 heterocycles. The predicted molar refractivity (Wildman–Crippen MR) is 74.5 cm³/mol. The normalized spacial score (nSPS) is 10.1. The number of anilines is 1. The van der Waals surface area contributed by atoms with E-state index in [-0.39, 0.29) is 5.91 Å². The second-order valence-electron chi connectivity index (χ2n) is 4.55. The number of carbonyl (C=O) groups is 1. The summed E-state index contributed by atoms with van der Waals surface area (Å²) in [6, 6.07) is 7.51. The molecule has 1 aromatic heterocycles. The Bertz CT molecular complexity index is 607. The van der Waals surface area contributed by atoms with Crippen molar-refractivity contribution in [3.63, 3.8) is 0 Å². The third-order valence-corrected chi connectivity index (χ3v) is 2.54. The van der Waals surface area contributed by atoms with Crippen LogP contribution in [0.5, 0.6) is 0 Å². The number of amides is 1. The monoisotopic (exact) mass is 256 g/mol. The van der Waals surface area contributed by atoms with Gasteiger partial charge in [-0.15, -0.1) is 10.2 Å². The molecule has 0 bridgehead atoms. The Hall–Kier alpha value is -2.43. The largest absolute Gasteiger partial charge is 0.323 e. The number of nitrogens with zero attached hydrogens (tertiary/aromatic N) is 3. The first-order valence-electron chi connectivity index (χ1n) is 5.96. The van der Waals surface area contributed by atoms with E-state index >= 15 is 0 Å². The van der Waals surface area contributed by atoms with E-state index in [0.717, 1.165) is 22.6 Å². The molecule has 2 aromatic rings. The van der Waals surface area contributed by atoms with Crippen LogP contribution in [-0.2, 0) is 11.8 Å². The highest BCUT2D eigenvalue weighted by Gasteiger charge is 2.04. The molecule has 19 heavy (non-hydrogen) atoms. The van der Waals surface area contributed by atoms with Crippen molar-refractivity contribution in [3.05, 3.63) is 42.2 Å². The Kier molecular flexibility index (Phi) is 3.75. The van der Waals surface area contributed by atoms with Crippen molar-refractivity contribution < 1.29 is 4.79 Å². The van der Waals surface area contributed by atoms with Crippen molar-refractivity contribution in [2.24, 2.45) is 7.05 Å². The average Bonchev–Trinajstić information content (AvgIpc) is 2.75. The molecule has 98 valence electrons. The number of hydrogen-bond acceptors (Lipinski definition) is 3. The Labute approximate surface area is 112 Å². The van der Waals surface area contributed by atoms with E-state index in [1.54, 1.807) is 12.4 Å². The molecule has 5 nitrogen and oxygen atoms in total. The molecule has 5 heteroatoms. The maximum Gasteiger partial charge on any atom is 0.248 e. The van der Waals surface area contributed by atoms with Gasteiger partial charge in [0, 0.05) is 24.4 Å². The molecule has 0 saturated heterocycles. The lowest BCUT2D eigenvalue weighted by molar-refractivity contribution is -0.111. The quantitative estimate of drug-likeness (QED) is 0.858. The van der Waals surface area contributed by atoms with Crippen molar-refractivity contribution in [2.75, 3.05) is 5.32 Å². The fourth-order valence-corrected chi connectivity index (χ4v) is 1.69. The predicted octanol–water partition coefficient (Wildman–Crippen LogP) is 2.39. The number of benzene rings is 1. The van der Waals surface area contributed by atoms with Crippen LogP contribution >= 0.6 is 0 Å². The molecular formula is C14H16N4O. The fourth-order valence-electron chi connectivity index (χ4n) is 1.69. The summed E-state index contributed by atoms with van der Waals surface area (Å²) in [6.07, 6.45) is 3.22. The minimum atomic E-state index is -0.119. The van der Waals surface area contributed by atoms with Crippen LogP contribution in [0.15, 0.2) is 42.2 Å². The van der Waals surface area contributed by atoms with Crippen molar-refractivity contribution in [3.8, 4) is 11.4 Å². The standard InChI is InChI=1S/C14H16N4O/c1-10(2)8-13(19)16-12-6-4-11(5-7-12)14-17-15-9-18(14)3/h4-9H,1-3H3,(H,16,19). The Morgan fingerprint density at radius 2 is 1.95 bits per heavy atom. The summed E-state index contributed by atoms with van der Waals surface area (Å²) >= 11 is 0. The van der Waals surface area contributed by atoms with E-state index < -0.39 is 0 Å². The van der Waals surface area contributed by atoms with Gasteiger partial charge in [-0.1, -0.05) is 5.57 Å². The minimum Gasteiger partial charge on any atom is -0.323 e. The average molecular weight is 256 g/mol. The van der Waals surface area contributed by atoms with Gasteiger partial charge in [-0.25, -0.2) is 0 Å². The number of rotatable bonds is 3. The lowest BCUT2D eigenvalue weighted by Crippen LogP contribution is -2.08. The van der Waals surface area contributed by atoms with Gasteiger partial charge in [0.05, 0.1) is 0 Å². The molecule has 0 atom stereocenters. The third-order valence-electron chi connectivity index (χ3n) is 2.54. The molecule has 0 saturated carbocycles. The summed E-state index contributed by atoms with van der Waals surface area (Å²) < 4.78 is 1.84. The number of hydrogen-bond donors (Lipinski definition) is 1. The highest BCUT2D eigenvalue weighted by molar-refractivity contribution is 5.99. The van der Waals surface area contributed by atoms with E-state index in [2.05, 4.69) is 15.5 Å². The first-order chi connectivity index (χ1) is 9.06. The van der Waals surface area contributed by atoms with Gasteiger partial charge in [-0.05, 0) is 38.1 Å². The highest BCUT2D eigenvalue weighted by atomic mass is 16.1. The smallest absolute Gasteiger partial charge is 0.248 e. The second-order valence-corrected chi connectivity index (χ2v) is 4.55. The van der Waals surface area contributed by atoms with Gasteiger partial charge in [-0.3, -0.25) is 4.79 Å². The molecule has 0 aliphatic carbocycles. The summed E-state index contributed by atoms with van der Waals surface area (Å²) in [6.45, 7) is 3.77. The van der Waals surface area contributed by atoms with Gasteiger partial charge < -0.3 is 9.88 Å². The van der Waals surface area contributed by atoms with Crippen molar-refractivity contribution in [1.82, 2.24) is 14.8 Å². The zero-order chi connectivity index (χ0) is 13.8. The first-order valence-corrected chi connectivity index (χ1v) is 5.96. The molecule has 0 spiro atoms. The SMILES string of the molecule is CC(C)=CC(=O)Nc1ccc(-c2nncn2C)cc1. The summed E-state index contributed by atoms with van der Waals surface area (Å²) in [7, 11) is 1.89. The van der Waals surface area contributed by atoms with E-state index in [4.69, 9.17) is 0 Å². The van der Waals surface area contributed by atoms with E-state index in [9.17, 15) is 4.79 Å². The molecule has 1 amide bonds. The molecule has 0 unspecified atom stereocenters. The zero-order valence-electron chi connectivity index (χ0n) is 11.2. The Morgan fingerprint density at radius 3 is 2.47 bits per heavy atom. The summed E-state index contributed by atoms with van der Waals surface area (Å²) in [5.74, 6) is 0.675. The second kappa shape index (κ2) is 5.48. The highest BCUT2D eigenvalue weighted by Crippen LogP contribution is 2.18. The zero-order valence-corrected chi connectivity index (χ0v) is 11.2. The van der Waals surface area contributed by atoms with Crippen LogP contribution in [-0.4, -0.2) is 20.7 Å². The third kappa shape index (κ3) is 3.28. The van der Waals surface area contributed by atoms with Crippen LogP contribution in [0.3, 0.4) is 0 Å². The Morgan fingerprint density at radius 1 is 1.26 bits per heavy atom. The lowest BCUT2D eigenvalue weighted by Gasteiger charge is -2.04. The molecular weight excluding hydrogens is 240 g/mol. The summed E-state index contributed by atoms with van der Waals surface area (Å²) in [5, 5.41) is 10.7. The van der Waals surface area contributed by atoms with Crippen LogP contribution in [0.2, 0.25) is 0 Å². The van der Waals surface area contributed by atoms with Crippen LogP contribution in [0, 0.1) is 0 Å². The van der Waals surface area contributed by atoms with E-state index in [1.165, 1.54) is 0 Å². The van der Waals surface area contributed by atoms with Crippen molar-refractivity contribution >= 4 is 11.6 Å². The topological polar surface area (TPSA) is 59.8 Å². The van der Waals surface area contributed by atoms with E-state index in [1.807, 2.05) is 49.7 Å². The van der Waals surface area contributed by atoms with Crippen LogP contribution in [0.4, 0.5) is 5.69 Å². The molecule has 0 aliphatic heterocycles. The molecule has 2 rings (SSSR count). The van der Waals surface area contributed by atoms with Gasteiger partial charge in [0.1, 0.15) is 6.33 Å². The number of aromatic nitrogens is 3. The molecule has 0 radical (unpaired) electrons. The number of nitrogens with one attached hydrogen (secondary N) is 1. The van der Waals surface area contributed by atoms with Crippen LogP contribution < -0.4 is 5.32 Å². The minimum absolute atomic E-state index is 0.119. The molecule has 0 aliphatic rings. The fraction of sp³-hybridized carbons (Fsp3) is 0.214. The summed E-state index contributed by atoms with van der Waals surface area (Å²) in [5.41, 5.74) is 2.68. The van der Waals surface area contributed by atoms with E-state index in [0.29, 0.717) is 0 Å². The first kappa shape index (κ1) is 13.0. The molecule has 0 fully saturated rings. The van der Waals surface area contributed by atoms with Gasteiger partial charge >= 0.3 is 0 Å². The molecule has 1 N–H and O–H groups in total. The lowest BCUT2D eigenvalue weighted by atomic mass is 10.2. The van der Waals surface area contributed by atoms with Crippen molar-refractivity contribution in [2.45, 2.75) is 13.8 Å². The van der Waals surface area contributed by atoms with Gasteiger partial charge in [-0.2, -0.15) is 0 Å². The van der Waals surface area contributed by atoms with Gasteiger partial charge in [0.25, 0.3) is 0 Å². The maximum absolute atomic E-state index is 11.6.